The summed E-state index contributed by atoms with van der Waals surface area (Å²) in [5, 5.41) is 14.6. The fourth-order valence-electron chi connectivity index (χ4n) is 1.87. The minimum atomic E-state index is -0.579. The van der Waals surface area contributed by atoms with E-state index in [-0.39, 0.29) is 0 Å². The molecule has 0 bridgehead atoms. The van der Waals surface area contributed by atoms with E-state index in [4.69, 9.17) is 0 Å². The van der Waals surface area contributed by atoms with Crippen LogP contribution in [-0.2, 0) is 13.5 Å². The molecule has 2 aromatic rings. The molecule has 1 unspecified atom stereocenters. The number of aliphatic hydroxyl groups is 1. The third-order valence-electron chi connectivity index (χ3n) is 2.68. The molecule has 2 rings (SSSR count). The fraction of sp³-hybridized carbons (Fsp3) is 0.308. The lowest BCUT2D eigenvalue weighted by Gasteiger charge is -2.10. The van der Waals surface area contributed by atoms with Crippen molar-refractivity contribution in [2.45, 2.75) is 19.4 Å². The van der Waals surface area contributed by atoms with Gasteiger partial charge in [0.05, 0.1) is 5.69 Å². The average molecular weight is 216 g/mol. The Morgan fingerprint density at radius 1 is 1.31 bits per heavy atom. The van der Waals surface area contributed by atoms with Crippen LogP contribution >= 0.6 is 0 Å². The zero-order valence-corrected chi connectivity index (χ0v) is 9.59. The van der Waals surface area contributed by atoms with Gasteiger partial charge in [-0.3, -0.25) is 4.68 Å². The van der Waals surface area contributed by atoms with Gasteiger partial charge in [0.2, 0.25) is 0 Å². The molecular weight excluding hydrogens is 200 g/mol. The Morgan fingerprint density at radius 3 is 2.62 bits per heavy atom. The van der Waals surface area contributed by atoms with Crippen LogP contribution in [0.2, 0.25) is 0 Å². The SMILES string of the molecule is CCc1nn(C)cc1C(O)c1ccccc1. The molecule has 1 aromatic heterocycles. The van der Waals surface area contributed by atoms with E-state index in [1.54, 1.807) is 4.68 Å². The van der Waals surface area contributed by atoms with Crippen molar-refractivity contribution in [3.63, 3.8) is 0 Å². The topological polar surface area (TPSA) is 38.0 Å². The van der Waals surface area contributed by atoms with E-state index in [9.17, 15) is 5.11 Å². The molecule has 3 nitrogen and oxygen atoms in total. The van der Waals surface area contributed by atoms with Crippen LogP contribution in [0.3, 0.4) is 0 Å². The van der Waals surface area contributed by atoms with Crippen LogP contribution in [0, 0.1) is 0 Å². The Labute approximate surface area is 95.3 Å². The molecule has 0 saturated heterocycles. The number of nitrogens with zero attached hydrogens (tertiary/aromatic N) is 2. The van der Waals surface area contributed by atoms with Gasteiger partial charge in [-0.05, 0) is 12.0 Å². The zero-order valence-electron chi connectivity index (χ0n) is 9.59. The highest BCUT2D eigenvalue weighted by molar-refractivity contribution is 5.31. The Bertz CT molecular complexity index is 462. The number of aromatic nitrogens is 2. The molecule has 0 saturated carbocycles. The van der Waals surface area contributed by atoms with Crippen LogP contribution < -0.4 is 0 Å². The highest BCUT2D eigenvalue weighted by atomic mass is 16.3. The number of rotatable bonds is 3. The van der Waals surface area contributed by atoms with E-state index in [1.165, 1.54) is 0 Å². The minimum absolute atomic E-state index is 0.579. The van der Waals surface area contributed by atoms with Gasteiger partial charge in [-0.1, -0.05) is 37.3 Å². The normalized spacial score (nSPS) is 12.7. The maximum absolute atomic E-state index is 10.3. The smallest absolute Gasteiger partial charge is 0.107 e. The van der Waals surface area contributed by atoms with Crippen LogP contribution in [-0.4, -0.2) is 14.9 Å². The van der Waals surface area contributed by atoms with Crippen molar-refractivity contribution in [2.24, 2.45) is 7.05 Å². The van der Waals surface area contributed by atoms with Gasteiger partial charge in [-0.25, -0.2) is 0 Å². The van der Waals surface area contributed by atoms with Crippen LogP contribution in [0.5, 0.6) is 0 Å². The van der Waals surface area contributed by atoms with Crippen molar-refractivity contribution in [2.75, 3.05) is 0 Å². The van der Waals surface area contributed by atoms with E-state index in [0.717, 1.165) is 23.2 Å². The lowest BCUT2D eigenvalue weighted by Crippen LogP contribution is -2.01. The largest absolute Gasteiger partial charge is 0.384 e. The summed E-state index contributed by atoms with van der Waals surface area (Å²) in [4.78, 5) is 0. The van der Waals surface area contributed by atoms with Gasteiger partial charge in [-0.2, -0.15) is 5.10 Å². The third kappa shape index (κ3) is 1.99. The number of hydrogen-bond acceptors (Lipinski definition) is 2. The zero-order chi connectivity index (χ0) is 11.5. The fourth-order valence-corrected chi connectivity index (χ4v) is 1.87. The van der Waals surface area contributed by atoms with Gasteiger partial charge in [-0.15, -0.1) is 0 Å². The second-order valence-electron chi connectivity index (χ2n) is 3.87. The Hall–Kier alpha value is -1.61. The summed E-state index contributed by atoms with van der Waals surface area (Å²) < 4.78 is 1.75. The molecule has 16 heavy (non-hydrogen) atoms. The summed E-state index contributed by atoms with van der Waals surface area (Å²) in [7, 11) is 1.88. The van der Waals surface area contributed by atoms with Gasteiger partial charge in [0.15, 0.2) is 0 Å². The van der Waals surface area contributed by atoms with Gasteiger partial charge in [0.25, 0.3) is 0 Å². The van der Waals surface area contributed by atoms with Gasteiger partial charge in [0.1, 0.15) is 6.10 Å². The molecule has 0 fully saturated rings. The summed E-state index contributed by atoms with van der Waals surface area (Å²) in [6.45, 7) is 2.05. The molecule has 1 atom stereocenters. The first-order chi connectivity index (χ1) is 7.72. The van der Waals surface area contributed by atoms with Crippen LogP contribution in [0.1, 0.15) is 29.8 Å². The predicted octanol–water partition coefficient (Wildman–Crippen LogP) is 2.06. The van der Waals surface area contributed by atoms with E-state index in [2.05, 4.69) is 5.10 Å². The van der Waals surface area contributed by atoms with E-state index in [1.807, 2.05) is 50.5 Å². The quantitative estimate of drug-likeness (QED) is 0.852. The van der Waals surface area contributed by atoms with Crippen molar-refractivity contribution >= 4 is 0 Å². The number of aryl methyl sites for hydroxylation is 2. The molecule has 1 heterocycles. The van der Waals surface area contributed by atoms with Crippen LogP contribution in [0.25, 0.3) is 0 Å². The van der Waals surface area contributed by atoms with Crippen molar-refractivity contribution in [3.8, 4) is 0 Å². The molecule has 3 heteroatoms. The first kappa shape index (κ1) is 10.9. The second-order valence-corrected chi connectivity index (χ2v) is 3.87. The second kappa shape index (κ2) is 4.49. The van der Waals surface area contributed by atoms with Crippen LogP contribution in [0.4, 0.5) is 0 Å². The van der Waals surface area contributed by atoms with Crippen LogP contribution in [0.15, 0.2) is 36.5 Å². The number of benzene rings is 1. The maximum atomic E-state index is 10.3. The lowest BCUT2D eigenvalue weighted by molar-refractivity contribution is 0.219. The van der Waals surface area contributed by atoms with E-state index < -0.39 is 6.10 Å². The summed E-state index contributed by atoms with van der Waals surface area (Å²) in [6.07, 6.45) is 2.14. The highest BCUT2D eigenvalue weighted by Crippen LogP contribution is 2.24. The summed E-state index contributed by atoms with van der Waals surface area (Å²) >= 11 is 0. The molecule has 0 amide bonds. The Kier molecular flexibility index (Phi) is 3.06. The number of aliphatic hydroxyl groups excluding tert-OH is 1. The van der Waals surface area contributed by atoms with E-state index in [0.29, 0.717) is 0 Å². The predicted molar refractivity (Wildman–Crippen MR) is 63.1 cm³/mol. The molecule has 0 aliphatic heterocycles. The Morgan fingerprint density at radius 2 is 2.00 bits per heavy atom. The first-order valence-electron chi connectivity index (χ1n) is 5.47. The molecule has 1 N–H and O–H groups in total. The average Bonchev–Trinajstić information content (AvgIpc) is 2.70. The number of hydrogen-bond donors (Lipinski definition) is 1. The molecule has 1 aromatic carbocycles. The highest BCUT2D eigenvalue weighted by Gasteiger charge is 2.16. The monoisotopic (exact) mass is 216 g/mol. The van der Waals surface area contributed by atoms with Gasteiger partial charge in [0, 0.05) is 18.8 Å². The molecule has 0 radical (unpaired) electrons. The molecule has 0 spiro atoms. The molecule has 0 aliphatic carbocycles. The standard InChI is InChI=1S/C13H16N2O/c1-3-12-11(9-15(2)14-12)13(16)10-7-5-4-6-8-10/h4-9,13,16H,3H2,1-2H3. The molecular formula is C13H16N2O. The summed E-state index contributed by atoms with van der Waals surface area (Å²) in [5.74, 6) is 0. The lowest BCUT2D eigenvalue weighted by atomic mass is 10.0. The van der Waals surface area contributed by atoms with E-state index >= 15 is 0 Å². The van der Waals surface area contributed by atoms with Crippen molar-refractivity contribution in [1.29, 1.82) is 0 Å². The summed E-state index contributed by atoms with van der Waals surface area (Å²) in [6, 6.07) is 9.66. The third-order valence-corrected chi connectivity index (χ3v) is 2.68. The molecule has 0 aliphatic rings. The summed E-state index contributed by atoms with van der Waals surface area (Å²) in [5.41, 5.74) is 2.76. The van der Waals surface area contributed by atoms with Crippen molar-refractivity contribution < 1.29 is 5.11 Å². The minimum Gasteiger partial charge on any atom is -0.384 e. The van der Waals surface area contributed by atoms with Gasteiger partial charge < -0.3 is 5.11 Å². The maximum Gasteiger partial charge on any atom is 0.107 e. The van der Waals surface area contributed by atoms with Crippen molar-refractivity contribution in [3.05, 3.63) is 53.3 Å². The van der Waals surface area contributed by atoms with Crippen molar-refractivity contribution in [1.82, 2.24) is 9.78 Å². The van der Waals surface area contributed by atoms with Gasteiger partial charge >= 0.3 is 0 Å². The first-order valence-corrected chi connectivity index (χ1v) is 5.47. The Balaban J connectivity index is 2.37. The molecule has 84 valence electrons.